The summed E-state index contributed by atoms with van der Waals surface area (Å²) in [5.41, 5.74) is 0. The predicted octanol–water partition coefficient (Wildman–Crippen LogP) is 0.588. The molecule has 0 aromatic heterocycles. The number of nitrogens with zero attached hydrogens (tertiary/aromatic N) is 1. The Morgan fingerprint density at radius 2 is 2.22 bits per heavy atom. The van der Waals surface area contributed by atoms with E-state index >= 15 is 0 Å². The molecule has 54 valence electrons. The highest BCUT2D eigenvalue weighted by molar-refractivity contribution is 4.42. The lowest BCUT2D eigenvalue weighted by Crippen LogP contribution is -2.47. The smallest absolute Gasteiger partial charge is 0.213 e. The minimum absolute atomic E-state index is 0.0833. The van der Waals surface area contributed by atoms with Gasteiger partial charge in [0.25, 0.3) is 0 Å². The monoisotopic (exact) mass is 132 g/mol. The Morgan fingerprint density at radius 3 is 2.44 bits per heavy atom. The summed E-state index contributed by atoms with van der Waals surface area (Å²) in [6.07, 6.45) is 0. The van der Waals surface area contributed by atoms with Crippen molar-refractivity contribution in [2.75, 3.05) is 19.9 Å². The van der Waals surface area contributed by atoms with Crippen molar-refractivity contribution < 1.29 is 14.6 Å². The zero-order valence-electron chi connectivity index (χ0n) is 6.00. The number of quaternary nitrogens is 1. The molecule has 0 amide bonds. The number of hydroxylamine groups is 3. The van der Waals surface area contributed by atoms with Gasteiger partial charge in [0, 0.05) is 0 Å². The van der Waals surface area contributed by atoms with Crippen LogP contribution >= 0.6 is 0 Å². The Hall–Kier alpha value is -0.120. The van der Waals surface area contributed by atoms with Gasteiger partial charge in [-0.25, -0.2) is 5.21 Å². The van der Waals surface area contributed by atoms with Crippen LogP contribution in [0.5, 0.6) is 0 Å². The van der Waals surface area contributed by atoms with Crippen molar-refractivity contribution in [1.29, 1.82) is 0 Å². The molecule has 1 fully saturated rings. The third-order valence-corrected chi connectivity index (χ3v) is 1.90. The Labute approximate surface area is 55.4 Å². The standard InChI is InChI=1S/C6H14NO2/c1-6(2)7(8)3-4-9-5-7/h6,8H,3-5H2,1-2H3/q+1. The van der Waals surface area contributed by atoms with Gasteiger partial charge in [0.2, 0.25) is 6.73 Å². The fourth-order valence-corrected chi connectivity index (χ4v) is 0.917. The van der Waals surface area contributed by atoms with Crippen LogP contribution in [-0.4, -0.2) is 35.8 Å². The molecule has 1 saturated heterocycles. The van der Waals surface area contributed by atoms with Crippen LogP contribution in [0.15, 0.2) is 0 Å². The Balaban J connectivity index is 2.51. The van der Waals surface area contributed by atoms with Gasteiger partial charge in [-0.1, -0.05) is 0 Å². The maximum atomic E-state index is 9.58. The largest absolute Gasteiger partial charge is 0.323 e. The lowest BCUT2D eigenvalue weighted by molar-refractivity contribution is -1.11. The third kappa shape index (κ3) is 1.23. The summed E-state index contributed by atoms with van der Waals surface area (Å²) < 4.78 is 5.13. The molecule has 0 spiro atoms. The van der Waals surface area contributed by atoms with Crippen LogP contribution in [0.2, 0.25) is 0 Å². The van der Waals surface area contributed by atoms with E-state index in [1.54, 1.807) is 0 Å². The Morgan fingerprint density at radius 1 is 1.56 bits per heavy atom. The summed E-state index contributed by atoms with van der Waals surface area (Å²) in [5.74, 6) is 0. The molecule has 1 rings (SSSR count). The maximum Gasteiger partial charge on any atom is 0.213 e. The molecular weight excluding hydrogens is 118 g/mol. The molecule has 1 N–H and O–H groups in total. The quantitative estimate of drug-likeness (QED) is 0.529. The molecule has 0 saturated carbocycles. The van der Waals surface area contributed by atoms with E-state index in [4.69, 9.17) is 4.74 Å². The van der Waals surface area contributed by atoms with Crippen LogP contribution in [0.3, 0.4) is 0 Å². The molecule has 1 aliphatic rings. The molecule has 3 nitrogen and oxygen atoms in total. The summed E-state index contributed by atoms with van der Waals surface area (Å²) >= 11 is 0. The third-order valence-electron chi connectivity index (χ3n) is 1.90. The van der Waals surface area contributed by atoms with Gasteiger partial charge in [-0.2, -0.15) is 4.65 Å². The second-order valence-corrected chi connectivity index (χ2v) is 2.84. The molecule has 1 heterocycles. The van der Waals surface area contributed by atoms with E-state index in [9.17, 15) is 5.21 Å². The van der Waals surface area contributed by atoms with Crippen molar-refractivity contribution in [3.63, 3.8) is 0 Å². The van der Waals surface area contributed by atoms with Crippen molar-refractivity contribution in [2.45, 2.75) is 19.9 Å². The van der Waals surface area contributed by atoms with Crippen molar-refractivity contribution in [3.05, 3.63) is 0 Å². The average Bonchev–Trinajstić information content (AvgIpc) is 2.16. The molecule has 0 bridgehead atoms. The van der Waals surface area contributed by atoms with Crippen molar-refractivity contribution >= 4 is 0 Å². The summed E-state index contributed by atoms with van der Waals surface area (Å²) in [6, 6.07) is 0.257. The first-order chi connectivity index (χ1) is 4.15. The van der Waals surface area contributed by atoms with E-state index in [0.29, 0.717) is 13.3 Å². The lowest BCUT2D eigenvalue weighted by atomic mass is 10.3. The maximum absolute atomic E-state index is 9.58. The van der Waals surface area contributed by atoms with Gasteiger partial charge in [0.05, 0.1) is 0 Å². The van der Waals surface area contributed by atoms with E-state index in [0.717, 1.165) is 6.54 Å². The second-order valence-electron chi connectivity index (χ2n) is 2.84. The van der Waals surface area contributed by atoms with Gasteiger partial charge in [0.15, 0.2) is 0 Å². The molecule has 1 unspecified atom stereocenters. The van der Waals surface area contributed by atoms with Crippen LogP contribution in [0.4, 0.5) is 0 Å². The molecule has 0 radical (unpaired) electrons. The molecule has 3 heteroatoms. The molecule has 0 aromatic carbocycles. The average molecular weight is 132 g/mol. The lowest BCUT2D eigenvalue weighted by Gasteiger charge is -2.26. The van der Waals surface area contributed by atoms with E-state index in [-0.39, 0.29) is 10.7 Å². The number of rotatable bonds is 1. The highest BCUT2D eigenvalue weighted by Crippen LogP contribution is 2.13. The van der Waals surface area contributed by atoms with Gasteiger partial charge in [-0.15, -0.1) is 0 Å². The normalized spacial score (nSPS) is 36.0. The molecule has 0 aromatic rings. The van der Waals surface area contributed by atoms with Crippen molar-refractivity contribution in [2.24, 2.45) is 0 Å². The molecule has 9 heavy (non-hydrogen) atoms. The molecule has 0 aliphatic carbocycles. The summed E-state index contributed by atoms with van der Waals surface area (Å²) in [4.78, 5) is 0. The Kier molecular flexibility index (Phi) is 1.75. The van der Waals surface area contributed by atoms with E-state index in [2.05, 4.69) is 0 Å². The fourth-order valence-electron chi connectivity index (χ4n) is 0.917. The zero-order chi connectivity index (χ0) is 6.91. The van der Waals surface area contributed by atoms with Gasteiger partial charge < -0.3 is 4.74 Å². The van der Waals surface area contributed by atoms with Crippen molar-refractivity contribution in [1.82, 2.24) is 0 Å². The summed E-state index contributed by atoms with van der Waals surface area (Å²) in [6.45, 7) is 5.87. The fraction of sp³-hybridized carbons (Fsp3) is 1.00. The van der Waals surface area contributed by atoms with Gasteiger partial charge in [-0.3, -0.25) is 0 Å². The summed E-state index contributed by atoms with van der Waals surface area (Å²) in [7, 11) is 0. The van der Waals surface area contributed by atoms with E-state index in [1.807, 2.05) is 13.8 Å². The number of hydrogen-bond acceptors (Lipinski definition) is 2. The highest BCUT2D eigenvalue weighted by atomic mass is 16.6. The minimum atomic E-state index is 0.0833. The molecule has 1 atom stereocenters. The number of ether oxygens (including phenoxy) is 1. The summed E-state index contributed by atoms with van der Waals surface area (Å²) in [5, 5.41) is 9.58. The molecular formula is C6H14NO2+. The van der Waals surface area contributed by atoms with Crippen LogP contribution in [-0.2, 0) is 4.74 Å². The highest BCUT2D eigenvalue weighted by Gasteiger charge is 2.34. The zero-order valence-corrected chi connectivity index (χ0v) is 6.00. The molecule has 1 aliphatic heterocycles. The van der Waals surface area contributed by atoms with E-state index < -0.39 is 0 Å². The van der Waals surface area contributed by atoms with Crippen molar-refractivity contribution in [3.8, 4) is 0 Å². The Bertz CT molecular complexity index is 97.2. The topological polar surface area (TPSA) is 29.5 Å². The number of hydrogen-bond donors (Lipinski definition) is 1. The minimum Gasteiger partial charge on any atom is -0.323 e. The van der Waals surface area contributed by atoms with Crippen LogP contribution in [0.25, 0.3) is 0 Å². The van der Waals surface area contributed by atoms with E-state index in [1.165, 1.54) is 0 Å². The first-order valence-electron chi connectivity index (χ1n) is 3.32. The first kappa shape index (κ1) is 6.99. The predicted molar refractivity (Wildman–Crippen MR) is 32.9 cm³/mol. The first-order valence-corrected chi connectivity index (χ1v) is 3.32. The van der Waals surface area contributed by atoms with Gasteiger partial charge in [-0.05, 0) is 13.8 Å². The SMILES string of the molecule is CC(C)[N+]1(O)CCOC1. The van der Waals surface area contributed by atoms with Gasteiger partial charge >= 0.3 is 0 Å². The van der Waals surface area contributed by atoms with Gasteiger partial charge in [0.1, 0.15) is 19.2 Å². The van der Waals surface area contributed by atoms with Crippen LogP contribution < -0.4 is 0 Å². The van der Waals surface area contributed by atoms with Crippen LogP contribution in [0, 0.1) is 0 Å². The second kappa shape index (κ2) is 2.25. The van der Waals surface area contributed by atoms with Crippen LogP contribution in [0.1, 0.15) is 13.8 Å².